The van der Waals surface area contributed by atoms with Gasteiger partial charge in [-0.2, -0.15) is 0 Å². The molecule has 1 aliphatic rings. The van der Waals surface area contributed by atoms with Crippen molar-refractivity contribution >= 4 is 5.97 Å². The first-order chi connectivity index (χ1) is 15.6. The summed E-state index contributed by atoms with van der Waals surface area (Å²) in [4.78, 5) is 10.9. The van der Waals surface area contributed by atoms with Crippen LogP contribution in [0.2, 0.25) is 0 Å². The Hall–Kier alpha value is -2.28. The summed E-state index contributed by atoms with van der Waals surface area (Å²) in [7, 11) is 0. The van der Waals surface area contributed by atoms with Crippen LogP contribution in [0.15, 0.2) is 42.5 Å². The van der Waals surface area contributed by atoms with E-state index in [-0.39, 0.29) is 18.6 Å². The van der Waals surface area contributed by atoms with Crippen LogP contribution in [-0.2, 0) is 28.8 Å². The number of hydrogen-bond donors (Lipinski definition) is 3. The Balaban J connectivity index is 1.46. The predicted molar refractivity (Wildman–Crippen MR) is 127 cm³/mol. The van der Waals surface area contributed by atoms with Gasteiger partial charge in [0.1, 0.15) is 5.82 Å². The number of halogens is 1. The maximum absolute atomic E-state index is 13.8. The van der Waals surface area contributed by atoms with Crippen LogP contribution in [0.5, 0.6) is 0 Å². The van der Waals surface area contributed by atoms with Crippen LogP contribution in [0.4, 0.5) is 4.39 Å². The first-order valence-corrected chi connectivity index (χ1v) is 11.7. The molecule has 2 atom stereocenters. The molecule has 2 aromatic rings. The summed E-state index contributed by atoms with van der Waals surface area (Å²) < 4.78 is 19.6. The van der Waals surface area contributed by atoms with Crippen molar-refractivity contribution in [1.82, 2.24) is 5.32 Å². The summed E-state index contributed by atoms with van der Waals surface area (Å²) in [5.74, 6) is -0.697. The molecule has 0 aliphatic heterocycles. The van der Waals surface area contributed by atoms with E-state index in [9.17, 15) is 14.3 Å². The number of carboxylic acid groups (broad SMARTS) is 1. The van der Waals surface area contributed by atoms with Gasteiger partial charge in [-0.25, -0.2) is 4.39 Å². The Kier molecular flexibility index (Phi) is 8.63. The van der Waals surface area contributed by atoms with Gasteiger partial charge in [0.15, 0.2) is 0 Å². The van der Waals surface area contributed by atoms with Crippen molar-refractivity contribution in [2.24, 2.45) is 5.92 Å². The number of benzene rings is 2. The molecule has 0 heterocycles. The van der Waals surface area contributed by atoms with Gasteiger partial charge in [-0.3, -0.25) is 4.79 Å². The minimum absolute atomic E-state index is 0.0287. The zero-order chi connectivity index (χ0) is 24.0. The predicted octanol–water partition coefficient (Wildman–Crippen LogP) is 4.45. The van der Waals surface area contributed by atoms with Crippen molar-refractivity contribution in [1.29, 1.82) is 0 Å². The minimum Gasteiger partial charge on any atom is -0.481 e. The molecule has 180 valence electrons. The molecule has 6 heteroatoms. The van der Waals surface area contributed by atoms with Crippen LogP contribution in [0.3, 0.4) is 0 Å². The van der Waals surface area contributed by atoms with E-state index in [2.05, 4.69) is 43.4 Å². The summed E-state index contributed by atoms with van der Waals surface area (Å²) in [5, 5.41) is 22.9. The van der Waals surface area contributed by atoms with Crippen LogP contribution in [-0.4, -0.2) is 41.0 Å². The van der Waals surface area contributed by atoms with Gasteiger partial charge in [-0.05, 0) is 86.8 Å². The maximum Gasteiger partial charge on any atom is 0.303 e. The van der Waals surface area contributed by atoms with Crippen LogP contribution < -0.4 is 5.32 Å². The summed E-state index contributed by atoms with van der Waals surface area (Å²) in [6.07, 6.45) is 2.33. The van der Waals surface area contributed by atoms with E-state index in [1.165, 1.54) is 23.3 Å². The highest BCUT2D eigenvalue weighted by molar-refractivity contribution is 5.67. The molecule has 2 aromatic carbocycles. The molecule has 0 bridgehead atoms. The summed E-state index contributed by atoms with van der Waals surface area (Å²) >= 11 is 0. The highest BCUT2D eigenvalue weighted by Gasteiger charge is 2.28. The summed E-state index contributed by atoms with van der Waals surface area (Å²) in [5.41, 5.74) is 4.14. The van der Waals surface area contributed by atoms with Crippen molar-refractivity contribution in [3.63, 3.8) is 0 Å². The van der Waals surface area contributed by atoms with E-state index in [0.29, 0.717) is 24.4 Å². The molecule has 0 amide bonds. The molecule has 3 N–H and O–H groups in total. The van der Waals surface area contributed by atoms with Crippen LogP contribution in [0.25, 0.3) is 0 Å². The largest absolute Gasteiger partial charge is 0.481 e. The number of aliphatic carboxylic acids is 1. The number of ether oxygens (including phenoxy) is 1. The SMILES string of the molecule is C[C@@H](OC[C@H](O)CNC(C)(C)CC1Cc2ccccc2C1)c1cc(F)ccc1CCC(=O)O. The van der Waals surface area contributed by atoms with E-state index in [0.717, 1.165) is 24.8 Å². The lowest BCUT2D eigenvalue weighted by Crippen LogP contribution is -2.45. The monoisotopic (exact) mass is 457 g/mol. The first-order valence-electron chi connectivity index (χ1n) is 11.7. The summed E-state index contributed by atoms with van der Waals surface area (Å²) in [6.45, 7) is 6.62. The third-order valence-corrected chi connectivity index (χ3v) is 6.44. The third-order valence-electron chi connectivity index (χ3n) is 6.44. The molecular weight excluding hydrogens is 421 g/mol. The average molecular weight is 458 g/mol. The number of aliphatic hydroxyl groups is 1. The fraction of sp³-hybridized carbons (Fsp3) is 0.519. The zero-order valence-electron chi connectivity index (χ0n) is 19.8. The number of aliphatic hydroxyl groups excluding tert-OH is 1. The van der Waals surface area contributed by atoms with Gasteiger partial charge in [0.2, 0.25) is 0 Å². The van der Waals surface area contributed by atoms with Crippen molar-refractivity contribution in [3.05, 3.63) is 70.5 Å². The molecule has 0 unspecified atom stereocenters. The van der Waals surface area contributed by atoms with Crippen LogP contribution in [0, 0.1) is 11.7 Å². The van der Waals surface area contributed by atoms with Crippen molar-refractivity contribution < 1.29 is 24.1 Å². The number of carbonyl (C=O) groups is 1. The van der Waals surface area contributed by atoms with E-state index >= 15 is 0 Å². The number of aryl methyl sites for hydroxylation is 1. The molecule has 0 saturated carbocycles. The molecule has 5 nitrogen and oxygen atoms in total. The Labute approximate surface area is 196 Å². The number of rotatable bonds is 12. The van der Waals surface area contributed by atoms with E-state index < -0.39 is 24.0 Å². The van der Waals surface area contributed by atoms with Gasteiger partial charge in [0.25, 0.3) is 0 Å². The van der Waals surface area contributed by atoms with Crippen LogP contribution >= 0.6 is 0 Å². The van der Waals surface area contributed by atoms with Gasteiger partial charge in [-0.1, -0.05) is 30.3 Å². The molecule has 1 aliphatic carbocycles. The van der Waals surface area contributed by atoms with Gasteiger partial charge in [0.05, 0.1) is 18.8 Å². The van der Waals surface area contributed by atoms with E-state index in [1.54, 1.807) is 13.0 Å². The van der Waals surface area contributed by atoms with E-state index in [4.69, 9.17) is 9.84 Å². The Bertz CT molecular complexity index is 920. The molecule has 33 heavy (non-hydrogen) atoms. The minimum atomic E-state index is -0.899. The smallest absolute Gasteiger partial charge is 0.303 e. The molecule has 3 rings (SSSR count). The summed E-state index contributed by atoms with van der Waals surface area (Å²) in [6, 6.07) is 12.9. The topological polar surface area (TPSA) is 78.8 Å². The molecule has 0 fully saturated rings. The van der Waals surface area contributed by atoms with Gasteiger partial charge < -0.3 is 20.3 Å². The molecule has 0 spiro atoms. The second kappa shape index (κ2) is 11.2. The quantitative estimate of drug-likeness (QED) is 0.439. The number of carboxylic acids is 1. The highest BCUT2D eigenvalue weighted by Crippen LogP contribution is 2.32. The van der Waals surface area contributed by atoms with Crippen molar-refractivity contribution in [3.8, 4) is 0 Å². The Morgan fingerprint density at radius 3 is 2.52 bits per heavy atom. The second-order valence-corrected chi connectivity index (χ2v) is 9.88. The van der Waals surface area contributed by atoms with Crippen LogP contribution in [0.1, 0.15) is 62.0 Å². The number of fused-ring (bicyclic) bond motifs is 1. The molecule has 0 saturated heterocycles. The van der Waals surface area contributed by atoms with Gasteiger partial charge >= 0.3 is 5.97 Å². The fourth-order valence-corrected chi connectivity index (χ4v) is 4.80. The standard InChI is InChI=1S/C27H36FNO4/c1-18(25-14-23(28)10-8-20(25)9-11-26(31)32)33-17-24(30)16-29-27(2,3)15-19-12-21-6-4-5-7-22(21)13-19/h4-8,10,14,18-19,24,29-30H,9,11-13,15-17H2,1-3H3,(H,31,32)/t18-,24-/m1/s1. The third kappa shape index (κ3) is 7.63. The Morgan fingerprint density at radius 2 is 1.88 bits per heavy atom. The van der Waals surface area contributed by atoms with Crippen molar-refractivity contribution in [2.45, 2.75) is 70.6 Å². The lowest BCUT2D eigenvalue weighted by Gasteiger charge is -2.31. The lowest BCUT2D eigenvalue weighted by atomic mass is 9.88. The fourth-order valence-electron chi connectivity index (χ4n) is 4.80. The zero-order valence-corrected chi connectivity index (χ0v) is 19.8. The van der Waals surface area contributed by atoms with E-state index in [1.807, 2.05) is 0 Å². The first kappa shape index (κ1) is 25.3. The number of hydrogen-bond acceptors (Lipinski definition) is 4. The second-order valence-electron chi connectivity index (χ2n) is 9.88. The number of nitrogens with one attached hydrogen (secondary N) is 1. The normalized spacial score (nSPS) is 15.9. The lowest BCUT2D eigenvalue weighted by molar-refractivity contribution is -0.136. The van der Waals surface area contributed by atoms with Crippen molar-refractivity contribution in [2.75, 3.05) is 13.2 Å². The van der Waals surface area contributed by atoms with Gasteiger partial charge in [-0.15, -0.1) is 0 Å². The molecule has 0 radical (unpaired) electrons. The maximum atomic E-state index is 13.8. The molecular formula is C27H36FNO4. The molecule has 0 aromatic heterocycles. The van der Waals surface area contributed by atoms with Gasteiger partial charge in [0, 0.05) is 18.5 Å². The Morgan fingerprint density at radius 1 is 1.21 bits per heavy atom. The average Bonchev–Trinajstić information content (AvgIpc) is 3.16. The number of β-amino-alcohol motifs (C(OH)–C–C–N with tert-alkyl or cyclic N) is 1. The highest BCUT2D eigenvalue weighted by atomic mass is 19.1.